The molecule has 0 radical (unpaired) electrons. The lowest BCUT2D eigenvalue weighted by molar-refractivity contribution is -0.131. The SMILES string of the molecule is CCN(CC)S(=O)(=O)c1ccc(C(C)CCc2ccc(Cl)s2)cc1.CCOc1ccccc1CN(CCCn1ccnc1)C(=O)Cc1ccc(OC(F)F)c(Cl)c1.COc1ccc(CN(C(C)C2CC2)S(=O)(=O)c2cccs2)cc1. The molecule has 0 saturated heterocycles. The number of amides is 1. The number of aromatic nitrogens is 2. The van der Waals surface area contributed by atoms with Gasteiger partial charge < -0.3 is 23.7 Å². The molecule has 3 heterocycles. The smallest absolute Gasteiger partial charge is 0.387 e. The van der Waals surface area contributed by atoms with Gasteiger partial charge in [0, 0.05) is 68.1 Å². The molecule has 3 aromatic heterocycles. The maximum Gasteiger partial charge on any atom is 0.387 e. The Balaban J connectivity index is 0.000000198. The highest BCUT2D eigenvalue weighted by Gasteiger charge is 2.38. The number of rotatable bonds is 27. The van der Waals surface area contributed by atoms with Crippen LogP contribution >= 0.6 is 45.9 Å². The van der Waals surface area contributed by atoms with E-state index in [0.29, 0.717) is 65.8 Å². The molecule has 2 unspecified atom stereocenters. The highest BCUT2D eigenvalue weighted by molar-refractivity contribution is 7.91. The quantitative estimate of drug-likeness (QED) is 0.0492. The molecule has 80 heavy (non-hydrogen) atoms. The lowest BCUT2D eigenvalue weighted by Gasteiger charge is -2.28. The largest absolute Gasteiger partial charge is 0.497 e. The van der Waals surface area contributed by atoms with Gasteiger partial charge in [0.25, 0.3) is 10.0 Å². The van der Waals surface area contributed by atoms with Crippen molar-refractivity contribution in [1.29, 1.82) is 0 Å². The molecule has 432 valence electrons. The number of aryl methyl sites for hydroxylation is 2. The fourth-order valence-electron chi connectivity index (χ4n) is 8.81. The average Bonchev–Trinajstić information content (AvgIpc) is 3.80. The van der Waals surface area contributed by atoms with Gasteiger partial charge in [-0.2, -0.15) is 17.4 Å². The van der Waals surface area contributed by atoms with Crippen LogP contribution < -0.4 is 14.2 Å². The van der Waals surface area contributed by atoms with Crippen LogP contribution in [0, 0.1) is 5.92 Å². The molecule has 8 rings (SSSR count). The maximum absolute atomic E-state index is 13.2. The normalized spacial score (nSPS) is 13.3. The fourth-order valence-corrected chi connectivity index (χ4v) is 14.4. The number of nitrogens with zero attached hydrogens (tertiary/aromatic N) is 5. The molecule has 0 spiro atoms. The van der Waals surface area contributed by atoms with E-state index in [9.17, 15) is 30.4 Å². The Morgan fingerprint density at radius 3 is 2.14 bits per heavy atom. The van der Waals surface area contributed by atoms with Crippen molar-refractivity contribution >= 4 is 71.8 Å². The van der Waals surface area contributed by atoms with Gasteiger partial charge in [0.15, 0.2) is 0 Å². The Morgan fingerprint density at radius 2 is 1.55 bits per heavy atom. The number of para-hydroxylation sites is 1. The topological polar surface area (TPSA) is 141 Å². The number of hydrogen-bond acceptors (Lipinski definition) is 11. The predicted octanol–water partition coefficient (Wildman–Crippen LogP) is 14.1. The summed E-state index contributed by atoms with van der Waals surface area (Å²) in [6, 6.07) is 34.4. The Labute approximate surface area is 489 Å². The zero-order valence-electron chi connectivity index (χ0n) is 45.9. The first kappa shape index (κ1) is 63.8. The molecule has 0 N–H and O–H groups in total. The van der Waals surface area contributed by atoms with Crippen molar-refractivity contribution in [3.05, 3.63) is 176 Å². The summed E-state index contributed by atoms with van der Waals surface area (Å²) in [4.78, 5) is 20.7. The Hall–Kier alpha value is -5.38. The molecule has 0 aliphatic heterocycles. The van der Waals surface area contributed by atoms with Crippen molar-refractivity contribution in [1.82, 2.24) is 23.1 Å². The number of methoxy groups -OCH3 is 1. The third-order valence-electron chi connectivity index (χ3n) is 13.5. The van der Waals surface area contributed by atoms with Crippen LogP contribution in [0.4, 0.5) is 8.78 Å². The van der Waals surface area contributed by atoms with E-state index >= 15 is 0 Å². The van der Waals surface area contributed by atoms with Crippen LogP contribution in [0.3, 0.4) is 0 Å². The zero-order chi connectivity index (χ0) is 57.8. The van der Waals surface area contributed by atoms with Gasteiger partial charge in [0.05, 0.1) is 40.7 Å². The van der Waals surface area contributed by atoms with E-state index in [1.807, 2.05) is 105 Å². The van der Waals surface area contributed by atoms with Gasteiger partial charge in [-0.15, -0.1) is 22.7 Å². The van der Waals surface area contributed by atoms with E-state index in [0.717, 1.165) is 71.2 Å². The molecule has 13 nitrogen and oxygen atoms in total. The summed E-state index contributed by atoms with van der Waals surface area (Å²) in [6.45, 7) is 10.4. The minimum absolute atomic E-state index is 0.0178. The van der Waals surface area contributed by atoms with Crippen LogP contribution in [0.2, 0.25) is 9.36 Å². The monoisotopic (exact) mass is 1210 g/mol. The van der Waals surface area contributed by atoms with Gasteiger partial charge in [-0.3, -0.25) is 4.79 Å². The molecular formula is C59H71Cl2F2N5O8S4. The number of benzene rings is 4. The highest BCUT2D eigenvalue weighted by atomic mass is 35.5. The van der Waals surface area contributed by atoms with Crippen molar-refractivity contribution in [2.45, 2.75) is 120 Å². The van der Waals surface area contributed by atoms with Gasteiger partial charge in [0.1, 0.15) is 21.5 Å². The molecule has 2 atom stereocenters. The molecule has 0 bridgehead atoms. The number of alkyl halides is 2. The Bertz CT molecular complexity index is 3200. The molecule has 1 aliphatic rings. The average molecular weight is 1220 g/mol. The van der Waals surface area contributed by atoms with Crippen LogP contribution in [-0.4, -0.2) is 91.8 Å². The third-order valence-corrected chi connectivity index (χ3v) is 20.5. The first-order valence-electron chi connectivity index (χ1n) is 26.6. The van der Waals surface area contributed by atoms with Crippen molar-refractivity contribution in [3.8, 4) is 17.2 Å². The van der Waals surface area contributed by atoms with Crippen LogP contribution in [0.15, 0.2) is 148 Å². The first-order chi connectivity index (χ1) is 38.4. The van der Waals surface area contributed by atoms with E-state index in [-0.39, 0.29) is 29.1 Å². The van der Waals surface area contributed by atoms with Crippen LogP contribution in [-0.2, 0) is 57.3 Å². The zero-order valence-corrected chi connectivity index (χ0v) is 50.7. The minimum atomic E-state index is -3.46. The fraction of sp³-hybridized carbons (Fsp3) is 0.390. The highest BCUT2D eigenvalue weighted by Crippen LogP contribution is 2.39. The number of carbonyl (C=O) groups is 1. The van der Waals surface area contributed by atoms with E-state index < -0.39 is 26.7 Å². The summed E-state index contributed by atoms with van der Waals surface area (Å²) in [6.07, 6.45) is 10.4. The van der Waals surface area contributed by atoms with Gasteiger partial charge >= 0.3 is 6.61 Å². The lowest BCUT2D eigenvalue weighted by atomic mass is 9.96. The molecule has 1 aliphatic carbocycles. The Kier molecular flexibility index (Phi) is 24.9. The van der Waals surface area contributed by atoms with Crippen LogP contribution in [0.25, 0.3) is 0 Å². The molecule has 1 saturated carbocycles. The summed E-state index contributed by atoms with van der Waals surface area (Å²) in [5.41, 5.74) is 3.66. The minimum Gasteiger partial charge on any atom is -0.497 e. The lowest BCUT2D eigenvalue weighted by Crippen LogP contribution is -2.39. The van der Waals surface area contributed by atoms with Crippen molar-refractivity contribution in [2.75, 3.05) is 33.4 Å². The molecule has 1 amide bonds. The number of carbonyl (C=O) groups excluding carboxylic acids is 1. The van der Waals surface area contributed by atoms with Gasteiger partial charge in [-0.25, -0.2) is 21.8 Å². The van der Waals surface area contributed by atoms with E-state index in [1.54, 1.807) is 75.9 Å². The standard InChI is InChI=1S/C24H26ClF2N3O3.C18H24ClNO2S2.C17H21NO3S2/c1-2-32-21-7-4-3-6-19(21)16-30(12-5-11-29-13-10-28-17-29)23(31)15-18-8-9-22(20(25)14-18)33-24(26)27;1-4-20(5-2)24(21,22)17-11-7-15(8-12-17)14(3)6-9-16-10-13-18(19)23-16;1-13(15-7-8-15)18(23(19,20)17-4-3-11-22-17)12-14-5-9-16(21-2)10-6-14/h3-4,6-10,13-14,17,24H,2,5,11-12,15-16H2,1H3;7-8,10-14H,4-6,9H2,1-3H3;3-6,9-11,13,15H,7-8,12H2,1-2H3. The van der Waals surface area contributed by atoms with Gasteiger partial charge in [-0.05, 0) is 141 Å². The summed E-state index contributed by atoms with van der Waals surface area (Å²) >= 11 is 14.9. The van der Waals surface area contributed by atoms with Crippen molar-refractivity contribution < 1.29 is 44.6 Å². The van der Waals surface area contributed by atoms with E-state index in [2.05, 4.69) is 22.7 Å². The second-order valence-electron chi connectivity index (χ2n) is 19.0. The third kappa shape index (κ3) is 18.8. The van der Waals surface area contributed by atoms with Crippen LogP contribution in [0.1, 0.15) is 93.4 Å². The molecule has 7 aromatic rings. The van der Waals surface area contributed by atoms with Crippen molar-refractivity contribution in [2.24, 2.45) is 5.92 Å². The second kappa shape index (κ2) is 31.2. The van der Waals surface area contributed by atoms with Crippen molar-refractivity contribution in [3.63, 3.8) is 0 Å². The molecule has 4 aromatic carbocycles. The van der Waals surface area contributed by atoms with E-state index in [4.69, 9.17) is 32.7 Å². The van der Waals surface area contributed by atoms with Gasteiger partial charge in [0.2, 0.25) is 15.9 Å². The number of ether oxygens (including phenoxy) is 3. The predicted molar refractivity (Wildman–Crippen MR) is 317 cm³/mol. The van der Waals surface area contributed by atoms with Gasteiger partial charge in [-0.1, -0.05) is 98.6 Å². The number of halogens is 4. The summed E-state index contributed by atoms with van der Waals surface area (Å²) < 4.78 is 97.5. The summed E-state index contributed by atoms with van der Waals surface area (Å²) in [7, 11) is -5.21. The van der Waals surface area contributed by atoms with Crippen LogP contribution in [0.5, 0.6) is 17.2 Å². The number of hydrogen-bond donors (Lipinski definition) is 0. The first-order valence-corrected chi connectivity index (χ1v) is 31.9. The number of thiophene rings is 2. The summed E-state index contributed by atoms with van der Waals surface area (Å²) in [5.74, 6) is 2.14. The number of imidazole rings is 1. The second-order valence-corrected chi connectivity index (χ2v) is 26.3. The Morgan fingerprint density at radius 1 is 0.838 bits per heavy atom. The molecule has 1 fully saturated rings. The molecule has 21 heteroatoms. The number of sulfonamides is 2. The summed E-state index contributed by atoms with van der Waals surface area (Å²) in [5, 5.41) is 1.84. The molecular weight excluding hydrogens is 1140 g/mol. The van der Waals surface area contributed by atoms with E-state index in [1.165, 1.54) is 32.7 Å². The maximum atomic E-state index is 13.2.